The van der Waals surface area contributed by atoms with E-state index < -0.39 is 0 Å². The van der Waals surface area contributed by atoms with Crippen molar-refractivity contribution in [1.29, 1.82) is 0 Å². The summed E-state index contributed by atoms with van der Waals surface area (Å²) >= 11 is 1.32. The van der Waals surface area contributed by atoms with E-state index in [1.807, 2.05) is 57.2 Å². The summed E-state index contributed by atoms with van der Waals surface area (Å²) < 4.78 is 6.01. The van der Waals surface area contributed by atoms with E-state index in [-0.39, 0.29) is 11.9 Å². The number of hydrogen-bond acceptors (Lipinski definition) is 5. The molecule has 4 aromatic rings. The van der Waals surface area contributed by atoms with Gasteiger partial charge in [0.1, 0.15) is 5.75 Å². The number of methoxy groups -OCH3 is 1. The number of aromatic nitrogens is 1. The van der Waals surface area contributed by atoms with Gasteiger partial charge >= 0.3 is 6.03 Å². The van der Waals surface area contributed by atoms with E-state index in [1.165, 1.54) is 11.3 Å². The van der Waals surface area contributed by atoms with Gasteiger partial charge in [0.05, 0.1) is 17.3 Å². The molecule has 8 heteroatoms. The molecule has 1 heterocycles. The molecule has 7 nitrogen and oxygen atoms in total. The average Bonchev–Trinajstić information content (AvgIpc) is 3.21. The molecule has 1 aromatic heterocycles. The van der Waals surface area contributed by atoms with E-state index in [0.29, 0.717) is 22.8 Å². The number of ether oxygens (including phenoxy) is 1. The summed E-state index contributed by atoms with van der Waals surface area (Å²) in [5.41, 5.74) is 6.21. The maximum atomic E-state index is 12.9. The number of nitrogens with one attached hydrogen (secondary N) is 3. The first-order valence-electron chi connectivity index (χ1n) is 10.8. The minimum atomic E-state index is -0.356. The summed E-state index contributed by atoms with van der Waals surface area (Å²) in [6, 6.07) is 16.6. The van der Waals surface area contributed by atoms with E-state index >= 15 is 0 Å². The number of amides is 3. The number of nitrogens with zero attached hydrogens (tertiary/aromatic N) is 1. The fourth-order valence-electron chi connectivity index (χ4n) is 3.79. The molecule has 3 N–H and O–H groups in total. The van der Waals surface area contributed by atoms with Crippen molar-refractivity contribution >= 4 is 44.3 Å². The lowest BCUT2D eigenvalue weighted by Crippen LogP contribution is -2.28. The number of anilines is 2. The molecule has 0 atom stereocenters. The van der Waals surface area contributed by atoms with Crippen molar-refractivity contribution in [2.45, 2.75) is 27.3 Å². The van der Waals surface area contributed by atoms with Crippen LogP contribution >= 0.6 is 11.3 Å². The molecule has 0 fully saturated rings. The molecule has 34 heavy (non-hydrogen) atoms. The minimum absolute atomic E-state index is 0.184. The van der Waals surface area contributed by atoms with E-state index in [9.17, 15) is 9.59 Å². The number of carbonyl (C=O) groups is 2. The number of carbonyl (C=O) groups excluding carboxylic acids is 2. The molecule has 174 valence electrons. The number of benzene rings is 3. The van der Waals surface area contributed by atoms with Gasteiger partial charge in [0.25, 0.3) is 5.91 Å². The number of rotatable bonds is 6. The standard InChI is InChI=1S/C26H26N4O3S/c1-15-10-16(2)23(17(3)11-15)29-24(31)19-8-9-21-22(13-19)34-26(28-21)30-25(32)27-14-18-6-5-7-20(12-18)33-4/h5-13H,14H2,1-4H3,(H,29,31)(H2,27,28,30,32). The van der Waals surface area contributed by atoms with Crippen molar-refractivity contribution in [3.63, 3.8) is 0 Å². The Labute approximate surface area is 202 Å². The van der Waals surface area contributed by atoms with Gasteiger partial charge in [-0.3, -0.25) is 10.1 Å². The molecule has 3 aromatic carbocycles. The Hall–Kier alpha value is -3.91. The number of aryl methyl sites for hydroxylation is 3. The molecule has 0 aliphatic heterocycles. The SMILES string of the molecule is COc1cccc(CNC(=O)Nc2nc3ccc(C(=O)Nc4c(C)cc(C)cc4C)cc3s2)c1. The largest absolute Gasteiger partial charge is 0.497 e. The van der Waals surface area contributed by atoms with Crippen LogP contribution in [-0.2, 0) is 6.54 Å². The maximum Gasteiger partial charge on any atom is 0.321 e. The van der Waals surface area contributed by atoms with Gasteiger partial charge in [-0.25, -0.2) is 9.78 Å². The smallest absolute Gasteiger partial charge is 0.321 e. The molecule has 0 saturated carbocycles. The molecule has 0 aliphatic carbocycles. The fourth-order valence-corrected chi connectivity index (χ4v) is 4.69. The predicted molar refractivity (Wildman–Crippen MR) is 137 cm³/mol. The molecule has 0 aliphatic rings. The van der Waals surface area contributed by atoms with Crippen LogP contribution in [0.2, 0.25) is 0 Å². The average molecular weight is 475 g/mol. The molecule has 0 spiro atoms. The third kappa shape index (κ3) is 5.35. The van der Waals surface area contributed by atoms with Crippen LogP contribution in [0.5, 0.6) is 5.75 Å². The third-order valence-corrected chi connectivity index (χ3v) is 6.31. The van der Waals surface area contributed by atoms with Crippen molar-refractivity contribution in [2.75, 3.05) is 17.7 Å². The first-order valence-corrected chi connectivity index (χ1v) is 11.6. The normalized spacial score (nSPS) is 10.7. The van der Waals surface area contributed by atoms with Gasteiger partial charge in [-0.1, -0.05) is 41.2 Å². The quantitative estimate of drug-likeness (QED) is 0.329. The predicted octanol–water partition coefficient (Wildman–Crippen LogP) is 5.80. The van der Waals surface area contributed by atoms with Gasteiger partial charge in [0, 0.05) is 17.8 Å². The summed E-state index contributed by atoms with van der Waals surface area (Å²) in [5.74, 6) is 0.550. The van der Waals surface area contributed by atoms with Gasteiger partial charge in [0.15, 0.2) is 5.13 Å². The lowest BCUT2D eigenvalue weighted by Gasteiger charge is -2.12. The summed E-state index contributed by atoms with van der Waals surface area (Å²) in [7, 11) is 1.60. The third-order valence-electron chi connectivity index (χ3n) is 5.37. The van der Waals surface area contributed by atoms with Crippen molar-refractivity contribution in [3.8, 4) is 5.75 Å². The van der Waals surface area contributed by atoms with Gasteiger partial charge in [-0.05, 0) is 67.8 Å². The van der Waals surface area contributed by atoms with Crippen molar-refractivity contribution in [1.82, 2.24) is 10.3 Å². The second kappa shape index (κ2) is 9.93. The zero-order valence-corrected chi connectivity index (χ0v) is 20.3. The Kier molecular flexibility index (Phi) is 6.79. The Morgan fingerprint density at radius 1 is 0.971 bits per heavy atom. The summed E-state index contributed by atoms with van der Waals surface area (Å²) in [5, 5.41) is 9.06. The van der Waals surface area contributed by atoms with Crippen LogP contribution in [0.4, 0.5) is 15.6 Å². The molecule has 0 radical (unpaired) electrons. The first kappa shape index (κ1) is 23.3. The highest BCUT2D eigenvalue weighted by atomic mass is 32.1. The Morgan fingerprint density at radius 3 is 2.47 bits per heavy atom. The molecular formula is C26H26N4O3S. The minimum Gasteiger partial charge on any atom is -0.497 e. The van der Waals surface area contributed by atoms with E-state index in [0.717, 1.165) is 38.4 Å². The topological polar surface area (TPSA) is 92.3 Å². The highest BCUT2D eigenvalue weighted by Gasteiger charge is 2.13. The van der Waals surface area contributed by atoms with Crippen molar-refractivity contribution in [3.05, 3.63) is 82.4 Å². The molecule has 0 unspecified atom stereocenters. The van der Waals surface area contributed by atoms with Gasteiger partial charge in [-0.15, -0.1) is 0 Å². The number of thiazole rings is 1. The first-order chi connectivity index (χ1) is 16.3. The second-order valence-electron chi connectivity index (χ2n) is 8.09. The summed E-state index contributed by atoms with van der Waals surface area (Å²) in [4.78, 5) is 29.7. The molecular weight excluding hydrogens is 448 g/mol. The number of fused-ring (bicyclic) bond motifs is 1. The monoisotopic (exact) mass is 474 g/mol. The van der Waals surface area contributed by atoms with Crippen LogP contribution < -0.4 is 20.7 Å². The van der Waals surface area contributed by atoms with Crippen LogP contribution in [0.15, 0.2) is 54.6 Å². The van der Waals surface area contributed by atoms with E-state index in [4.69, 9.17) is 4.74 Å². The fraction of sp³-hybridized carbons (Fsp3) is 0.192. The zero-order valence-electron chi connectivity index (χ0n) is 19.5. The zero-order chi connectivity index (χ0) is 24.2. The number of hydrogen-bond donors (Lipinski definition) is 3. The van der Waals surface area contributed by atoms with Crippen molar-refractivity contribution < 1.29 is 14.3 Å². The van der Waals surface area contributed by atoms with E-state index in [2.05, 4.69) is 20.9 Å². The van der Waals surface area contributed by atoms with Crippen LogP contribution in [0.25, 0.3) is 10.2 Å². The van der Waals surface area contributed by atoms with Crippen LogP contribution in [0.1, 0.15) is 32.6 Å². The summed E-state index contributed by atoms with van der Waals surface area (Å²) in [6.07, 6.45) is 0. The lowest BCUT2D eigenvalue weighted by atomic mass is 10.0. The second-order valence-corrected chi connectivity index (χ2v) is 9.12. The van der Waals surface area contributed by atoms with Crippen molar-refractivity contribution in [2.24, 2.45) is 0 Å². The number of urea groups is 1. The maximum absolute atomic E-state index is 12.9. The van der Waals surface area contributed by atoms with E-state index in [1.54, 1.807) is 25.3 Å². The van der Waals surface area contributed by atoms with Crippen LogP contribution in [0.3, 0.4) is 0 Å². The molecule has 3 amide bonds. The highest BCUT2D eigenvalue weighted by molar-refractivity contribution is 7.22. The lowest BCUT2D eigenvalue weighted by molar-refractivity contribution is 0.102. The highest BCUT2D eigenvalue weighted by Crippen LogP contribution is 2.28. The Bertz CT molecular complexity index is 1360. The molecule has 4 rings (SSSR count). The van der Waals surface area contributed by atoms with Crippen LogP contribution in [-0.4, -0.2) is 24.0 Å². The Balaban J connectivity index is 1.42. The molecule has 0 bridgehead atoms. The van der Waals surface area contributed by atoms with Gasteiger partial charge < -0.3 is 15.4 Å². The molecule has 0 saturated heterocycles. The Morgan fingerprint density at radius 2 is 1.74 bits per heavy atom. The van der Waals surface area contributed by atoms with Gasteiger partial charge in [0.2, 0.25) is 0 Å². The van der Waals surface area contributed by atoms with Crippen LogP contribution in [0, 0.1) is 20.8 Å². The van der Waals surface area contributed by atoms with Gasteiger partial charge in [-0.2, -0.15) is 0 Å². The summed E-state index contributed by atoms with van der Waals surface area (Å²) in [6.45, 7) is 6.36.